The Labute approximate surface area is 181 Å². The minimum atomic E-state index is -4.35. The maximum Gasteiger partial charge on any atom is 0.266 e. The lowest BCUT2D eigenvalue weighted by Gasteiger charge is -2.27. The second-order valence-corrected chi connectivity index (χ2v) is 8.68. The number of aromatic nitrogens is 1. The van der Waals surface area contributed by atoms with Crippen molar-refractivity contribution < 1.29 is 26.0 Å². The van der Waals surface area contributed by atoms with Gasteiger partial charge < -0.3 is 5.32 Å². The van der Waals surface area contributed by atoms with Crippen LogP contribution in [0.4, 0.5) is 23.2 Å². The van der Waals surface area contributed by atoms with Crippen LogP contribution in [-0.2, 0) is 16.6 Å². The molecule has 2 aromatic carbocycles. The van der Waals surface area contributed by atoms with Gasteiger partial charge in [0, 0.05) is 17.7 Å². The van der Waals surface area contributed by atoms with Crippen molar-refractivity contribution in [3.8, 4) is 0 Å². The predicted octanol–water partition coefficient (Wildman–Crippen LogP) is 4.05. The molecule has 0 amide bonds. The summed E-state index contributed by atoms with van der Waals surface area (Å²) in [6.45, 7) is 1.10. The number of guanidine groups is 1. The lowest BCUT2D eigenvalue weighted by Crippen LogP contribution is -2.41. The van der Waals surface area contributed by atoms with E-state index in [4.69, 9.17) is 0 Å². The van der Waals surface area contributed by atoms with Crippen LogP contribution in [0.3, 0.4) is 0 Å². The van der Waals surface area contributed by atoms with E-state index in [1.54, 1.807) is 0 Å². The Morgan fingerprint density at radius 3 is 2.47 bits per heavy atom. The third-order valence-electron chi connectivity index (χ3n) is 5.01. The van der Waals surface area contributed by atoms with Crippen molar-refractivity contribution in [3.05, 3.63) is 88.8 Å². The number of nitrogens with zero attached hydrogens (tertiary/aromatic N) is 2. The van der Waals surface area contributed by atoms with E-state index in [1.165, 1.54) is 43.5 Å². The van der Waals surface area contributed by atoms with Crippen LogP contribution in [0.1, 0.15) is 29.7 Å². The van der Waals surface area contributed by atoms with Crippen molar-refractivity contribution in [2.45, 2.75) is 24.3 Å². The van der Waals surface area contributed by atoms with Crippen molar-refractivity contribution in [1.82, 2.24) is 9.71 Å². The van der Waals surface area contributed by atoms with Crippen LogP contribution in [0.2, 0.25) is 0 Å². The van der Waals surface area contributed by atoms with Crippen molar-refractivity contribution >= 4 is 21.7 Å². The molecule has 1 aliphatic rings. The van der Waals surface area contributed by atoms with E-state index < -0.39 is 44.1 Å². The van der Waals surface area contributed by atoms with Crippen LogP contribution < -0.4 is 10.0 Å². The van der Waals surface area contributed by atoms with E-state index in [9.17, 15) is 26.0 Å². The fourth-order valence-corrected chi connectivity index (χ4v) is 4.61. The van der Waals surface area contributed by atoms with Crippen LogP contribution in [0, 0.1) is 23.3 Å². The van der Waals surface area contributed by atoms with Gasteiger partial charge in [-0.3, -0.25) is 4.98 Å². The summed E-state index contributed by atoms with van der Waals surface area (Å²) in [7, 11) is -4.35. The Bertz CT molecular complexity index is 1350. The van der Waals surface area contributed by atoms with Gasteiger partial charge in [-0.1, -0.05) is 25.1 Å². The number of hydrogen-bond acceptors (Lipinski definition) is 4. The molecule has 32 heavy (non-hydrogen) atoms. The normalized spacial score (nSPS) is 16.7. The molecule has 6 nitrogen and oxygen atoms in total. The van der Waals surface area contributed by atoms with Gasteiger partial charge in [0.2, 0.25) is 5.96 Å². The molecule has 0 aliphatic carbocycles. The molecule has 3 aromatic rings. The van der Waals surface area contributed by atoms with E-state index in [1.807, 2.05) is 0 Å². The van der Waals surface area contributed by atoms with Gasteiger partial charge in [-0.2, -0.15) is 0 Å². The second kappa shape index (κ2) is 8.23. The summed E-state index contributed by atoms with van der Waals surface area (Å²) >= 11 is 0. The van der Waals surface area contributed by atoms with Crippen molar-refractivity contribution in [3.63, 3.8) is 0 Å². The smallest absolute Gasteiger partial charge is 0.266 e. The molecule has 1 aliphatic heterocycles. The first-order valence-electron chi connectivity index (χ1n) is 9.39. The van der Waals surface area contributed by atoms with E-state index in [-0.39, 0.29) is 35.0 Å². The zero-order valence-electron chi connectivity index (χ0n) is 16.5. The fourth-order valence-electron chi connectivity index (χ4n) is 3.44. The molecule has 2 heterocycles. The zero-order chi connectivity index (χ0) is 23.0. The lowest BCUT2D eigenvalue weighted by molar-refractivity contribution is 0.490. The molecule has 0 fully saturated rings. The Morgan fingerprint density at radius 1 is 1.03 bits per heavy atom. The molecular formula is C21H16F4N4O2S. The summed E-state index contributed by atoms with van der Waals surface area (Å²) < 4.78 is 84.9. The molecule has 0 saturated carbocycles. The fraction of sp³-hybridized carbons (Fsp3) is 0.143. The van der Waals surface area contributed by atoms with E-state index in [2.05, 4.69) is 20.0 Å². The largest absolute Gasteiger partial charge is 0.324 e. The number of aliphatic imine (C=N–C) groups is 1. The second-order valence-electron chi connectivity index (χ2n) is 7.03. The number of sulfonamides is 1. The Hall–Kier alpha value is -3.47. The van der Waals surface area contributed by atoms with Crippen molar-refractivity contribution in [2.24, 2.45) is 4.99 Å². The van der Waals surface area contributed by atoms with Crippen LogP contribution in [0.25, 0.3) is 0 Å². The molecule has 166 valence electrons. The SMILES string of the molecule is C[C@H](c1ccccc1F)c1c(F)c(F)cc2c1NC(=NCc1ncccc1F)NS2(=O)=O. The predicted molar refractivity (Wildman–Crippen MR) is 110 cm³/mol. The van der Waals surface area contributed by atoms with Gasteiger partial charge in [-0.15, -0.1) is 0 Å². The molecule has 1 aromatic heterocycles. The summed E-state index contributed by atoms with van der Waals surface area (Å²) in [5.41, 5.74) is -0.659. The molecule has 0 saturated heterocycles. The highest BCUT2D eigenvalue weighted by molar-refractivity contribution is 7.90. The number of benzene rings is 2. The monoisotopic (exact) mass is 464 g/mol. The Kier molecular flexibility index (Phi) is 5.59. The van der Waals surface area contributed by atoms with Crippen LogP contribution in [0.15, 0.2) is 58.5 Å². The Morgan fingerprint density at radius 2 is 1.75 bits per heavy atom. The molecule has 0 unspecified atom stereocenters. The first-order valence-corrected chi connectivity index (χ1v) is 10.9. The van der Waals surface area contributed by atoms with E-state index in [0.717, 1.165) is 6.07 Å². The molecule has 0 spiro atoms. The summed E-state index contributed by atoms with van der Waals surface area (Å²) in [5, 5.41) is 2.63. The quantitative estimate of drug-likeness (QED) is 0.571. The van der Waals surface area contributed by atoms with Crippen LogP contribution in [-0.4, -0.2) is 19.4 Å². The molecule has 1 atom stereocenters. The summed E-state index contributed by atoms with van der Waals surface area (Å²) in [5.74, 6) is -5.40. The first kappa shape index (κ1) is 21.8. The third-order valence-corrected chi connectivity index (χ3v) is 6.37. The number of rotatable bonds is 4. The molecular weight excluding hydrogens is 448 g/mol. The summed E-state index contributed by atoms with van der Waals surface area (Å²) in [6.07, 6.45) is 1.35. The summed E-state index contributed by atoms with van der Waals surface area (Å²) in [6, 6.07) is 8.61. The number of anilines is 1. The molecule has 0 radical (unpaired) electrons. The van der Waals surface area contributed by atoms with Gasteiger partial charge in [0.1, 0.15) is 16.5 Å². The topological polar surface area (TPSA) is 83.4 Å². The summed E-state index contributed by atoms with van der Waals surface area (Å²) in [4.78, 5) is 7.24. The van der Waals surface area contributed by atoms with Gasteiger partial charge in [0.15, 0.2) is 11.6 Å². The van der Waals surface area contributed by atoms with Gasteiger partial charge in [-0.05, 0) is 29.8 Å². The number of hydrogen-bond donors (Lipinski definition) is 2. The molecule has 2 N–H and O–H groups in total. The van der Waals surface area contributed by atoms with Gasteiger partial charge in [0.05, 0.1) is 17.9 Å². The average Bonchev–Trinajstić information content (AvgIpc) is 2.74. The van der Waals surface area contributed by atoms with Crippen molar-refractivity contribution in [1.29, 1.82) is 0 Å². The van der Waals surface area contributed by atoms with Crippen LogP contribution >= 0.6 is 0 Å². The third kappa shape index (κ3) is 3.91. The van der Waals surface area contributed by atoms with Crippen LogP contribution in [0.5, 0.6) is 0 Å². The standard InChI is InChI=1S/C21H16F4N4O2S/c1-11(12-5-2-3-6-13(12)22)18-19(25)15(24)9-17-20(18)28-21(29-32(17,30)31)27-10-16-14(23)7-4-8-26-16/h2-9,11H,10H2,1H3,(H2,27,28,29)/t11-/m1/s1. The zero-order valence-corrected chi connectivity index (χ0v) is 17.4. The molecule has 4 rings (SSSR count). The molecule has 11 heteroatoms. The maximum absolute atomic E-state index is 14.9. The molecule has 0 bridgehead atoms. The van der Waals surface area contributed by atoms with E-state index >= 15 is 0 Å². The van der Waals surface area contributed by atoms with Gasteiger partial charge in [0.25, 0.3) is 10.0 Å². The number of halogens is 4. The highest BCUT2D eigenvalue weighted by Crippen LogP contribution is 2.39. The average molecular weight is 464 g/mol. The number of pyridine rings is 1. The highest BCUT2D eigenvalue weighted by Gasteiger charge is 2.34. The minimum absolute atomic E-state index is 0.0444. The number of fused-ring (bicyclic) bond motifs is 1. The van der Waals surface area contributed by atoms with E-state index in [0.29, 0.717) is 6.07 Å². The Balaban J connectivity index is 1.83. The minimum Gasteiger partial charge on any atom is -0.324 e. The maximum atomic E-state index is 14.9. The van der Waals surface area contributed by atoms with Crippen molar-refractivity contribution in [2.75, 3.05) is 5.32 Å². The first-order chi connectivity index (χ1) is 15.2. The number of nitrogens with one attached hydrogen (secondary N) is 2. The van der Waals surface area contributed by atoms with Gasteiger partial charge in [-0.25, -0.2) is 35.7 Å². The highest BCUT2D eigenvalue weighted by atomic mass is 32.2. The lowest BCUT2D eigenvalue weighted by atomic mass is 9.90. The van der Waals surface area contributed by atoms with Gasteiger partial charge >= 0.3 is 0 Å².